The van der Waals surface area contributed by atoms with Crippen molar-refractivity contribution in [2.75, 3.05) is 13.2 Å². The average Bonchev–Trinajstić information content (AvgIpc) is 2.83. The largest absolute Gasteiger partial charge is 0.396 e. The van der Waals surface area contributed by atoms with Gasteiger partial charge in [-0.2, -0.15) is 0 Å². The van der Waals surface area contributed by atoms with E-state index < -0.39 is 0 Å². The summed E-state index contributed by atoms with van der Waals surface area (Å²) in [5.74, 6) is 0.0768. The molecule has 0 bridgehead atoms. The standard InChI is InChI=1S/C15H19NO2S/c17-10-4-9-16-15(18)8-3-5-12-11-19-14-7-2-1-6-13(12)14/h1-2,6-7,11,17H,3-5,8-10H2,(H,16,18). The molecule has 3 nitrogen and oxygen atoms in total. The van der Waals surface area contributed by atoms with Crippen molar-refractivity contribution in [2.45, 2.75) is 25.7 Å². The van der Waals surface area contributed by atoms with Crippen LogP contribution in [0.3, 0.4) is 0 Å². The van der Waals surface area contributed by atoms with Gasteiger partial charge in [0.1, 0.15) is 0 Å². The summed E-state index contributed by atoms with van der Waals surface area (Å²) in [6, 6.07) is 8.38. The molecule has 0 fully saturated rings. The Morgan fingerprint density at radius 1 is 1.26 bits per heavy atom. The van der Waals surface area contributed by atoms with Gasteiger partial charge in [-0.15, -0.1) is 11.3 Å². The number of aryl methyl sites for hydroxylation is 1. The summed E-state index contributed by atoms with van der Waals surface area (Å²) < 4.78 is 1.31. The lowest BCUT2D eigenvalue weighted by molar-refractivity contribution is -0.121. The number of hydrogen-bond donors (Lipinski definition) is 2. The fourth-order valence-corrected chi connectivity index (χ4v) is 3.06. The van der Waals surface area contributed by atoms with E-state index in [0.29, 0.717) is 19.4 Å². The molecule has 2 N–H and O–H groups in total. The number of benzene rings is 1. The molecule has 4 heteroatoms. The third-order valence-corrected chi connectivity index (χ3v) is 4.08. The first-order valence-electron chi connectivity index (χ1n) is 6.64. The highest BCUT2D eigenvalue weighted by molar-refractivity contribution is 7.17. The maximum Gasteiger partial charge on any atom is 0.220 e. The smallest absolute Gasteiger partial charge is 0.220 e. The van der Waals surface area contributed by atoms with Crippen molar-refractivity contribution in [3.63, 3.8) is 0 Å². The van der Waals surface area contributed by atoms with Crippen LogP contribution in [0.4, 0.5) is 0 Å². The lowest BCUT2D eigenvalue weighted by atomic mass is 10.1. The molecule has 0 aliphatic rings. The van der Waals surface area contributed by atoms with Crippen LogP contribution < -0.4 is 5.32 Å². The SMILES string of the molecule is O=C(CCCc1csc2ccccc12)NCCCO. The minimum absolute atomic E-state index is 0.0768. The van der Waals surface area contributed by atoms with Crippen molar-refractivity contribution in [3.8, 4) is 0 Å². The zero-order chi connectivity index (χ0) is 13.5. The molecule has 0 radical (unpaired) electrons. The first-order valence-corrected chi connectivity index (χ1v) is 7.52. The summed E-state index contributed by atoms with van der Waals surface area (Å²) in [7, 11) is 0. The van der Waals surface area contributed by atoms with Crippen LogP contribution in [0, 0.1) is 0 Å². The number of fused-ring (bicyclic) bond motifs is 1. The molecule has 1 amide bonds. The van der Waals surface area contributed by atoms with Crippen molar-refractivity contribution in [3.05, 3.63) is 35.2 Å². The van der Waals surface area contributed by atoms with Crippen molar-refractivity contribution in [1.82, 2.24) is 5.32 Å². The Morgan fingerprint density at radius 2 is 2.11 bits per heavy atom. The van der Waals surface area contributed by atoms with Gasteiger partial charge in [-0.05, 0) is 41.7 Å². The lowest BCUT2D eigenvalue weighted by Crippen LogP contribution is -2.24. The fraction of sp³-hybridized carbons (Fsp3) is 0.400. The van der Waals surface area contributed by atoms with E-state index in [-0.39, 0.29) is 12.5 Å². The Labute approximate surface area is 117 Å². The summed E-state index contributed by atoms with van der Waals surface area (Å²) >= 11 is 1.76. The molecule has 0 saturated heterocycles. The number of rotatable bonds is 7. The fourth-order valence-electron chi connectivity index (χ4n) is 2.06. The number of nitrogens with one attached hydrogen (secondary N) is 1. The van der Waals surface area contributed by atoms with Crippen LogP contribution >= 0.6 is 11.3 Å². The third-order valence-electron chi connectivity index (χ3n) is 3.07. The van der Waals surface area contributed by atoms with Crippen LogP contribution in [0.5, 0.6) is 0 Å². The number of amides is 1. The molecule has 0 aliphatic carbocycles. The summed E-state index contributed by atoms with van der Waals surface area (Å²) in [5.41, 5.74) is 1.34. The number of aliphatic hydroxyl groups excluding tert-OH is 1. The Kier molecular flexibility index (Phi) is 5.36. The minimum Gasteiger partial charge on any atom is -0.396 e. The van der Waals surface area contributed by atoms with E-state index in [1.54, 1.807) is 11.3 Å². The zero-order valence-corrected chi connectivity index (χ0v) is 11.7. The van der Waals surface area contributed by atoms with Crippen LogP contribution in [0.15, 0.2) is 29.6 Å². The van der Waals surface area contributed by atoms with Gasteiger partial charge < -0.3 is 10.4 Å². The van der Waals surface area contributed by atoms with Gasteiger partial charge in [0.2, 0.25) is 5.91 Å². The van der Waals surface area contributed by atoms with Gasteiger partial charge in [-0.1, -0.05) is 18.2 Å². The molecule has 0 atom stereocenters. The third kappa shape index (κ3) is 4.04. The van der Waals surface area contributed by atoms with Crippen LogP contribution in [0.25, 0.3) is 10.1 Å². The highest BCUT2D eigenvalue weighted by atomic mass is 32.1. The predicted octanol–water partition coefficient (Wildman–Crippen LogP) is 2.72. The van der Waals surface area contributed by atoms with Gasteiger partial charge in [-0.3, -0.25) is 4.79 Å². The zero-order valence-electron chi connectivity index (χ0n) is 10.9. The average molecular weight is 277 g/mol. The van der Waals surface area contributed by atoms with Crippen molar-refractivity contribution in [1.29, 1.82) is 0 Å². The minimum atomic E-state index is 0.0768. The lowest BCUT2D eigenvalue weighted by Gasteiger charge is -2.03. The highest BCUT2D eigenvalue weighted by Crippen LogP contribution is 2.26. The Balaban J connectivity index is 1.78. The van der Waals surface area contributed by atoms with Crippen molar-refractivity contribution in [2.24, 2.45) is 0 Å². The molecule has 2 rings (SSSR count). The Hall–Kier alpha value is -1.39. The van der Waals surface area contributed by atoms with Gasteiger partial charge in [0.15, 0.2) is 0 Å². The summed E-state index contributed by atoms with van der Waals surface area (Å²) in [6.07, 6.45) is 2.99. The van der Waals surface area contributed by atoms with E-state index in [9.17, 15) is 4.79 Å². The molecular weight excluding hydrogens is 258 g/mol. The Morgan fingerprint density at radius 3 is 2.95 bits per heavy atom. The molecule has 19 heavy (non-hydrogen) atoms. The second-order valence-electron chi connectivity index (χ2n) is 4.54. The van der Waals surface area contributed by atoms with Crippen LogP contribution in [-0.4, -0.2) is 24.2 Å². The Bertz CT molecular complexity index is 536. The number of hydrogen-bond acceptors (Lipinski definition) is 3. The normalized spacial score (nSPS) is 10.8. The van der Waals surface area contributed by atoms with E-state index in [2.05, 4.69) is 35.0 Å². The maximum atomic E-state index is 11.5. The van der Waals surface area contributed by atoms with Crippen molar-refractivity contribution >= 4 is 27.3 Å². The number of carbonyl (C=O) groups excluding carboxylic acids is 1. The highest BCUT2D eigenvalue weighted by Gasteiger charge is 2.05. The number of thiophene rings is 1. The maximum absolute atomic E-state index is 11.5. The van der Waals surface area contributed by atoms with E-state index in [4.69, 9.17) is 5.11 Å². The quantitative estimate of drug-likeness (QED) is 0.765. The summed E-state index contributed by atoms with van der Waals surface area (Å²) in [5, 5.41) is 14.9. The number of aliphatic hydroxyl groups is 1. The topological polar surface area (TPSA) is 49.3 Å². The number of carbonyl (C=O) groups is 1. The van der Waals surface area contributed by atoms with Gasteiger partial charge in [-0.25, -0.2) is 0 Å². The van der Waals surface area contributed by atoms with E-state index in [1.807, 2.05) is 0 Å². The first-order chi connectivity index (χ1) is 9.31. The molecule has 0 spiro atoms. The van der Waals surface area contributed by atoms with Crippen LogP contribution in [0.1, 0.15) is 24.8 Å². The predicted molar refractivity (Wildman–Crippen MR) is 79.5 cm³/mol. The van der Waals surface area contributed by atoms with Crippen LogP contribution in [-0.2, 0) is 11.2 Å². The van der Waals surface area contributed by atoms with Gasteiger partial charge in [0.05, 0.1) is 0 Å². The second-order valence-corrected chi connectivity index (χ2v) is 5.45. The van der Waals surface area contributed by atoms with Crippen molar-refractivity contribution < 1.29 is 9.90 Å². The molecule has 0 aliphatic heterocycles. The van der Waals surface area contributed by atoms with E-state index >= 15 is 0 Å². The van der Waals surface area contributed by atoms with E-state index in [0.717, 1.165) is 12.8 Å². The first kappa shape index (κ1) is 14.0. The molecule has 102 valence electrons. The monoisotopic (exact) mass is 277 g/mol. The van der Waals surface area contributed by atoms with Gasteiger partial charge in [0, 0.05) is 24.3 Å². The second kappa shape index (κ2) is 7.26. The molecule has 0 unspecified atom stereocenters. The molecular formula is C15H19NO2S. The van der Waals surface area contributed by atoms with Gasteiger partial charge >= 0.3 is 0 Å². The summed E-state index contributed by atoms with van der Waals surface area (Å²) in [4.78, 5) is 11.5. The molecule has 2 aromatic rings. The molecule has 1 aromatic carbocycles. The molecule has 1 heterocycles. The molecule has 0 saturated carbocycles. The molecule has 1 aromatic heterocycles. The summed E-state index contributed by atoms with van der Waals surface area (Å²) in [6.45, 7) is 0.692. The van der Waals surface area contributed by atoms with Crippen LogP contribution in [0.2, 0.25) is 0 Å². The van der Waals surface area contributed by atoms with E-state index in [1.165, 1.54) is 15.6 Å². The van der Waals surface area contributed by atoms with Gasteiger partial charge in [0.25, 0.3) is 0 Å².